The number of halogens is 3. The molecule has 1 unspecified atom stereocenters. The lowest BCUT2D eigenvalue weighted by atomic mass is 10.0. The van der Waals surface area contributed by atoms with Gasteiger partial charge in [-0.1, -0.05) is 17.7 Å². The molecule has 0 fully saturated rings. The van der Waals surface area contributed by atoms with Crippen LogP contribution in [0.2, 0.25) is 5.02 Å². The van der Waals surface area contributed by atoms with E-state index in [1.54, 1.807) is 17.4 Å². The first-order valence-corrected chi connectivity index (χ1v) is 7.92. The van der Waals surface area contributed by atoms with E-state index in [0.29, 0.717) is 5.02 Å². The van der Waals surface area contributed by atoms with Crippen molar-refractivity contribution in [2.75, 3.05) is 7.05 Å². The van der Waals surface area contributed by atoms with E-state index in [-0.39, 0.29) is 11.9 Å². The predicted molar refractivity (Wildman–Crippen MR) is 83.7 cm³/mol. The van der Waals surface area contributed by atoms with Crippen LogP contribution in [0.1, 0.15) is 10.4 Å². The minimum Gasteiger partial charge on any atom is -0.316 e. The molecule has 0 bridgehead atoms. The molecule has 1 N–H and O–H groups in total. The number of nitrogens with one attached hydrogen (secondary N) is 1. The second kappa shape index (κ2) is 6.84. The highest BCUT2D eigenvalue weighted by Gasteiger charge is 2.12. The Bertz CT molecular complexity index is 558. The first-order valence-electron chi connectivity index (χ1n) is 5.94. The second-order valence-electron chi connectivity index (χ2n) is 4.34. The highest BCUT2D eigenvalue weighted by molar-refractivity contribution is 9.11. The van der Waals surface area contributed by atoms with Crippen molar-refractivity contribution in [3.63, 3.8) is 0 Å². The maximum atomic E-state index is 13.0. The average Bonchev–Trinajstić information content (AvgIpc) is 2.77. The minimum atomic E-state index is -0.294. The van der Waals surface area contributed by atoms with Crippen molar-refractivity contribution < 1.29 is 4.39 Å². The monoisotopic (exact) mass is 361 g/mol. The lowest BCUT2D eigenvalue weighted by Crippen LogP contribution is -2.29. The fourth-order valence-corrected chi connectivity index (χ4v) is 3.74. The van der Waals surface area contributed by atoms with Gasteiger partial charge in [0.2, 0.25) is 0 Å². The van der Waals surface area contributed by atoms with Crippen LogP contribution in [0.15, 0.2) is 34.1 Å². The third kappa shape index (κ3) is 4.28. The van der Waals surface area contributed by atoms with E-state index in [9.17, 15) is 4.39 Å². The summed E-state index contributed by atoms with van der Waals surface area (Å²) >= 11 is 11.3. The summed E-state index contributed by atoms with van der Waals surface area (Å²) in [5.74, 6) is -0.294. The Kier molecular flexibility index (Phi) is 5.39. The summed E-state index contributed by atoms with van der Waals surface area (Å²) in [6.45, 7) is 0. The molecule has 0 aliphatic rings. The zero-order valence-corrected chi connectivity index (χ0v) is 13.6. The Hall–Kier alpha value is -0.420. The zero-order chi connectivity index (χ0) is 13.8. The van der Waals surface area contributed by atoms with Crippen molar-refractivity contribution in [1.29, 1.82) is 0 Å². The summed E-state index contributed by atoms with van der Waals surface area (Å²) in [4.78, 5) is 1.31. The van der Waals surface area contributed by atoms with Gasteiger partial charge in [0, 0.05) is 15.9 Å². The summed E-state index contributed by atoms with van der Waals surface area (Å²) in [7, 11) is 1.94. The lowest BCUT2D eigenvalue weighted by molar-refractivity contribution is 0.559. The van der Waals surface area contributed by atoms with E-state index in [1.165, 1.54) is 17.0 Å². The molecule has 0 aliphatic carbocycles. The average molecular weight is 363 g/mol. The summed E-state index contributed by atoms with van der Waals surface area (Å²) in [5.41, 5.74) is 0.970. The van der Waals surface area contributed by atoms with Crippen LogP contribution >= 0.6 is 38.9 Å². The SMILES string of the molecule is CNC(Cc1ccc(Br)s1)Cc1ccc(F)cc1Cl. The summed E-state index contributed by atoms with van der Waals surface area (Å²) < 4.78 is 14.1. The molecule has 1 heterocycles. The molecule has 1 atom stereocenters. The molecular formula is C14H14BrClFNS. The molecule has 1 nitrogen and oxygen atoms in total. The first kappa shape index (κ1) is 15.0. The number of hydrogen-bond acceptors (Lipinski definition) is 2. The van der Waals surface area contributed by atoms with E-state index in [4.69, 9.17) is 11.6 Å². The van der Waals surface area contributed by atoms with Gasteiger partial charge >= 0.3 is 0 Å². The fourth-order valence-electron chi connectivity index (χ4n) is 1.93. The van der Waals surface area contributed by atoms with Crippen molar-refractivity contribution in [3.8, 4) is 0 Å². The maximum absolute atomic E-state index is 13.0. The molecule has 0 radical (unpaired) electrons. The van der Waals surface area contributed by atoms with Gasteiger partial charge in [-0.2, -0.15) is 0 Å². The molecule has 102 valence electrons. The Morgan fingerprint density at radius 1 is 1.32 bits per heavy atom. The lowest BCUT2D eigenvalue weighted by Gasteiger charge is -2.16. The van der Waals surface area contributed by atoms with Gasteiger partial charge in [-0.15, -0.1) is 11.3 Å². The first-order chi connectivity index (χ1) is 9.08. The van der Waals surface area contributed by atoms with Gasteiger partial charge in [0.25, 0.3) is 0 Å². The molecule has 0 spiro atoms. The molecule has 2 aromatic rings. The number of thiophene rings is 1. The van der Waals surface area contributed by atoms with Gasteiger partial charge in [0.05, 0.1) is 3.79 Å². The van der Waals surface area contributed by atoms with E-state index in [1.807, 2.05) is 7.05 Å². The quantitative estimate of drug-likeness (QED) is 0.814. The summed E-state index contributed by atoms with van der Waals surface area (Å²) in [6.07, 6.45) is 1.71. The van der Waals surface area contributed by atoms with Crippen LogP contribution < -0.4 is 5.32 Å². The van der Waals surface area contributed by atoms with E-state index in [0.717, 1.165) is 22.2 Å². The molecule has 0 saturated carbocycles. The van der Waals surface area contributed by atoms with E-state index < -0.39 is 0 Å². The molecular weight excluding hydrogens is 349 g/mol. The number of hydrogen-bond donors (Lipinski definition) is 1. The minimum absolute atomic E-state index is 0.286. The Balaban J connectivity index is 2.06. The number of likely N-dealkylation sites (N-methyl/N-ethyl adjacent to an activating group) is 1. The van der Waals surface area contributed by atoms with Crippen LogP contribution in [0.5, 0.6) is 0 Å². The van der Waals surface area contributed by atoms with Crippen LogP contribution in [0.25, 0.3) is 0 Å². The highest BCUT2D eigenvalue weighted by atomic mass is 79.9. The Morgan fingerprint density at radius 3 is 2.68 bits per heavy atom. The topological polar surface area (TPSA) is 12.0 Å². The predicted octanol–water partition coefficient (Wildman–Crippen LogP) is 4.68. The van der Waals surface area contributed by atoms with Crippen LogP contribution in [-0.2, 0) is 12.8 Å². The molecule has 1 aromatic heterocycles. The van der Waals surface area contributed by atoms with Gasteiger partial charge in [0.15, 0.2) is 0 Å². The highest BCUT2D eigenvalue weighted by Crippen LogP contribution is 2.25. The van der Waals surface area contributed by atoms with Crippen LogP contribution in [-0.4, -0.2) is 13.1 Å². The van der Waals surface area contributed by atoms with Gasteiger partial charge in [-0.3, -0.25) is 0 Å². The van der Waals surface area contributed by atoms with Gasteiger partial charge in [-0.05, 0) is 65.6 Å². The fraction of sp³-hybridized carbons (Fsp3) is 0.286. The molecule has 19 heavy (non-hydrogen) atoms. The van der Waals surface area contributed by atoms with Crippen molar-refractivity contribution in [1.82, 2.24) is 5.32 Å². The van der Waals surface area contributed by atoms with Gasteiger partial charge < -0.3 is 5.32 Å². The largest absolute Gasteiger partial charge is 0.316 e. The van der Waals surface area contributed by atoms with E-state index in [2.05, 4.69) is 33.4 Å². The smallest absolute Gasteiger partial charge is 0.124 e. The molecule has 0 aliphatic heterocycles. The van der Waals surface area contributed by atoms with E-state index >= 15 is 0 Å². The Morgan fingerprint density at radius 2 is 2.11 bits per heavy atom. The molecule has 1 aromatic carbocycles. The molecule has 0 amide bonds. The van der Waals surface area contributed by atoms with Crippen molar-refractivity contribution in [3.05, 3.63) is 55.4 Å². The number of benzene rings is 1. The van der Waals surface area contributed by atoms with Crippen LogP contribution in [0.3, 0.4) is 0 Å². The third-order valence-electron chi connectivity index (χ3n) is 2.97. The van der Waals surface area contributed by atoms with Crippen molar-refractivity contribution in [2.45, 2.75) is 18.9 Å². The molecule has 2 rings (SSSR count). The van der Waals surface area contributed by atoms with Crippen molar-refractivity contribution >= 4 is 38.9 Å². The standard InChI is InChI=1S/C14H14BrClFNS/c1-18-11(8-12-4-5-14(15)19-12)6-9-2-3-10(17)7-13(9)16/h2-5,7,11,18H,6,8H2,1H3. The summed E-state index contributed by atoms with van der Waals surface area (Å²) in [6, 6.07) is 9.03. The molecule has 5 heteroatoms. The van der Waals surface area contributed by atoms with Crippen LogP contribution in [0.4, 0.5) is 4.39 Å². The zero-order valence-electron chi connectivity index (χ0n) is 10.4. The summed E-state index contributed by atoms with van der Waals surface area (Å²) in [5, 5.41) is 3.78. The normalized spacial score (nSPS) is 12.6. The number of rotatable bonds is 5. The second-order valence-corrected chi connectivity index (χ2v) is 7.29. The maximum Gasteiger partial charge on any atom is 0.124 e. The van der Waals surface area contributed by atoms with Crippen LogP contribution in [0, 0.1) is 5.82 Å². The van der Waals surface area contributed by atoms with Gasteiger partial charge in [-0.25, -0.2) is 4.39 Å². The van der Waals surface area contributed by atoms with Gasteiger partial charge in [0.1, 0.15) is 5.82 Å². The molecule has 0 saturated heterocycles. The van der Waals surface area contributed by atoms with Crippen molar-refractivity contribution in [2.24, 2.45) is 0 Å². The third-order valence-corrected chi connectivity index (χ3v) is 4.96. The Labute approximate surface area is 129 Å².